The molecule has 1 atom stereocenters. The van der Waals surface area contributed by atoms with Gasteiger partial charge in [0.25, 0.3) is 0 Å². The van der Waals surface area contributed by atoms with Crippen molar-refractivity contribution in [2.24, 2.45) is 0 Å². The molecule has 0 bridgehead atoms. The summed E-state index contributed by atoms with van der Waals surface area (Å²) in [4.78, 5) is 4.56. The fourth-order valence-electron chi connectivity index (χ4n) is 2.32. The molecule has 3 rings (SSSR count). The Balaban J connectivity index is 1.81. The number of hydrogen-bond donors (Lipinski definition) is 1. The van der Waals surface area contributed by atoms with Crippen molar-refractivity contribution in [3.05, 3.63) is 77.5 Å². The Bertz CT molecular complexity index is 803. The number of fused-ring (bicyclic) bond motifs is 1. The van der Waals surface area contributed by atoms with E-state index in [0.29, 0.717) is 12.0 Å². The molecule has 0 spiro atoms. The number of nitrogens with zero attached hydrogens (tertiary/aromatic N) is 2. The van der Waals surface area contributed by atoms with Gasteiger partial charge >= 0.3 is 0 Å². The molecule has 0 saturated heterocycles. The van der Waals surface area contributed by atoms with Crippen molar-refractivity contribution in [2.45, 2.75) is 12.5 Å². The zero-order chi connectivity index (χ0) is 14.7. The molecule has 0 aliphatic heterocycles. The predicted octanol–water partition coefficient (Wildman–Crippen LogP) is 3.38. The van der Waals surface area contributed by atoms with Crippen molar-refractivity contribution < 1.29 is 5.11 Å². The van der Waals surface area contributed by atoms with E-state index in [0.717, 1.165) is 22.2 Å². The lowest BCUT2D eigenvalue weighted by atomic mass is 10.0. The van der Waals surface area contributed by atoms with Crippen LogP contribution < -0.4 is 0 Å². The van der Waals surface area contributed by atoms with Crippen molar-refractivity contribution in [1.29, 1.82) is 5.26 Å². The van der Waals surface area contributed by atoms with Crippen molar-refractivity contribution in [2.75, 3.05) is 0 Å². The Kier molecular flexibility index (Phi) is 3.63. The number of para-hydroxylation sites is 1. The molecule has 21 heavy (non-hydrogen) atoms. The van der Waals surface area contributed by atoms with Gasteiger partial charge in [0.05, 0.1) is 23.3 Å². The Hall–Kier alpha value is -2.70. The number of benzene rings is 2. The van der Waals surface area contributed by atoms with Gasteiger partial charge in [-0.05, 0) is 29.8 Å². The predicted molar refractivity (Wildman–Crippen MR) is 81.6 cm³/mol. The summed E-state index contributed by atoms with van der Waals surface area (Å²) in [7, 11) is 0. The first kappa shape index (κ1) is 13.3. The number of aromatic nitrogens is 1. The van der Waals surface area contributed by atoms with Gasteiger partial charge in [0, 0.05) is 17.5 Å². The first-order valence-electron chi connectivity index (χ1n) is 6.79. The van der Waals surface area contributed by atoms with Crippen LogP contribution >= 0.6 is 0 Å². The average molecular weight is 274 g/mol. The number of rotatable bonds is 3. The molecule has 102 valence electrons. The molecule has 0 saturated carbocycles. The maximum atomic E-state index is 10.3. The Labute approximate surface area is 123 Å². The summed E-state index contributed by atoms with van der Waals surface area (Å²) in [6.45, 7) is 0. The molecular formula is C18H14N2O. The van der Waals surface area contributed by atoms with Gasteiger partial charge in [-0.15, -0.1) is 0 Å². The molecule has 3 heteroatoms. The first-order chi connectivity index (χ1) is 10.3. The van der Waals surface area contributed by atoms with Gasteiger partial charge in [-0.1, -0.05) is 36.4 Å². The lowest BCUT2D eigenvalue weighted by Crippen LogP contribution is -2.03. The van der Waals surface area contributed by atoms with Crippen LogP contribution in [0.2, 0.25) is 0 Å². The van der Waals surface area contributed by atoms with Crippen LogP contribution in [-0.4, -0.2) is 10.1 Å². The second-order valence-corrected chi connectivity index (χ2v) is 4.95. The summed E-state index contributed by atoms with van der Waals surface area (Å²) in [5.74, 6) is 0. The largest absolute Gasteiger partial charge is 0.388 e. The van der Waals surface area contributed by atoms with Crippen LogP contribution in [-0.2, 0) is 6.42 Å². The Morgan fingerprint density at radius 2 is 1.76 bits per heavy atom. The third kappa shape index (κ3) is 2.91. The number of hydrogen-bond acceptors (Lipinski definition) is 3. The number of aliphatic hydroxyl groups is 1. The third-order valence-corrected chi connectivity index (χ3v) is 3.48. The van der Waals surface area contributed by atoms with Crippen molar-refractivity contribution in [3.8, 4) is 6.07 Å². The smallest absolute Gasteiger partial charge is 0.0991 e. The van der Waals surface area contributed by atoms with Gasteiger partial charge < -0.3 is 5.11 Å². The fourth-order valence-corrected chi connectivity index (χ4v) is 2.32. The van der Waals surface area contributed by atoms with Crippen LogP contribution in [0.15, 0.2) is 60.7 Å². The van der Waals surface area contributed by atoms with E-state index >= 15 is 0 Å². The summed E-state index contributed by atoms with van der Waals surface area (Å²) in [6.07, 6.45) is -0.164. The SMILES string of the molecule is N#Cc1ccc(C(O)Cc2ccc3ccccc3n2)cc1. The minimum Gasteiger partial charge on any atom is -0.388 e. The summed E-state index contributed by atoms with van der Waals surface area (Å²) in [5.41, 5.74) is 3.17. The molecule has 2 aromatic carbocycles. The van der Waals surface area contributed by atoms with Crippen LogP contribution in [0.3, 0.4) is 0 Å². The van der Waals surface area contributed by atoms with E-state index in [1.54, 1.807) is 24.3 Å². The van der Waals surface area contributed by atoms with Gasteiger partial charge in [0.1, 0.15) is 0 Å². The number of aliphatic hydroxyl groups excluding tert-OH is 1. The van der Waals surface area contributed by atoms with Crippen LogP contribution in [0.5, 0.6) is 0 Å². The van der Waals surface area contributed by atoms with E-state index in [4.69, 9.17) is 5.26 Å². The van der Waals surface area contributed by atoms with Gasteiger partial charge in [0.2, 0.25) is 0 Å². The molecule has 1 N–H and O–H groups in total. The second-order valence-electron chi connectivity index (χ2n) is 4.95. The van der Waals surface area contributed by atoms with Crippen LogP contribution in [0.4, 0.5) is 0 Å². The van der Waals surface area contributed by atoms with Crippen LogP contribution in [0, 0.1) is 11.3 Å². The highest BCUT2D eigenvalue weighted by molar-refractivity contribution is 5.78. The highest BCUT2D eigenvalue weighted by atomic mass is 16.3. The zero-order valence-electron chi connectivity index (χ0n) is 11.4. The zero-order valence-corrected chi connectivity index (χ0v) is 11.4. The van der Waals surface area contributed by atoms with E-state index in [1.807, 2.05) is 36.4 Å². The van der Waals surface area contributed by atoms with Gasteiger partial charge in [-0.2, -0.15) is 5.26 Å². The van der Waals surface area contributed by atoms with E-state index in [-0.39, 0.29) is 0 Å². The Morgan fingerprint density at radius 1 is 1.00 bits per heavy atom. The standard InChI is InChI=1S/C18H14N2O/c19-12-13-5-7-15(8-6-13)18(21)11-16-10-9-14-3-1-2-4-17(14)20-16/h1-10,18,21H,11H2. The number of pyridine rings is 1. The normalized spacial score (nSPS) is 12.0. The Morgan fingerprint density at radius 3 is 2.52 bits per heavy atom. The van der Waals surface area contributed by atoms with Gasteiger partial charge in [-0.3, -0.25) is 4.98 Å². The molecule has 1 aromatic heterocycles. The van der Waals surface area contributed by atoms with Crippen molar-refractivity contribution >= 4 is 10.9 Å². The molecule has 0 radical (unpaired) electrons. The molecule has 3 nitrogen and oxygen atoms in total. The molecule has 1 unspecified atom stereocenters. The highest BCUT2D eigenvalue weighted by Gasteiger charge is 2.10. The maximum absolute atomic E-state index is 10.3. The average Bonchev–Trinajstić information content (AvgIpc) is 2.55. The molecule has 0 fully saturated rings. The summed E-state index contributed by atoms with van der Waals surface area (Å²) in [6, 6.07) is 20.9. The van der Waals surface area contributed by atoms with Gasteiger partial charge in [0.15, 0.2) is 0 Å². The number of nitriles is 1. The van der Waals surface area contributed by atoms with E-state index in [1.165, 1.54) is 0 Å². The quantitative estimate of drug-likeness (QED) is 0.796. The van der Waals surface area contributed by atoms with E-state index in [9.17, 15) is 5.11 Å². The topological polar surface area (TPSA) is 56.9 Å². The van der Waals surface area contributed by atoms with Crippen molar-refractivity contribution in [1.82, 2.24) is 4.98 Å². The first-order valence-corrected chi connectivity index (χ1v) is 6.79. The van der Waals surface area contributed by atoms with Crippen LogP contribution in [0.1, 0.15) is 22.9 Å². The monoisotopic (exact) mass is 274 g/mol. The molecule has 3 aromatic rings. The van der Waals surface area contributed by atoms with E-state index < -0.39 is 6.10 Å². The van der Waals surface area contributed by atoms with Crippen molar-refractivity contribution in [3.63, 3.8) is 0 Å². The van der Waals surface area contributed by atoms with Gasteiger partial charge in [-0.25, -0.2) is 0 Å². The second kappa shape index (κ2) is 5.74. The molecule has 0 aliphatic rings. The maximum Gasteiger partial charge on any atom is 0.0991 e. The van der Waals surface area contributed by atoms with E-state index in [2.05, 4.69) is 11.1 Å². The molecule has 0 aliphatic carbocycles. The summed E-state index contributed by atoms with van der Waals surface area (Å²) in [5, 5.41) is 20.2. The summed E-state index contributed by atoms with van der Waals surface area (Å²) < 4.78 is 0. The fraction of sp³-hybridized carbons (Fsp3) is 0.111. The lowest BCUT2D eigenvalue weighted by Gasteiger charge is -2.11. The third-order valence-electron chi connectivity index (χ3n) is 3.48. The lowest BCUT2D eigenvalue weighted by molar-refractivity contribution is 0.177. The minimum atomic E-state index is -0.619. The highest BCUT2D eigenvalue weighted by Crippen LogP contribution is 2.19. The summed E-state index contributed by atoms with van der Waals surface area (Å²) >= 11 is 0. The minimum absolute atomic E-state index is 0.455. The molecule has 0 amide bonds. The van der Waals surface area contributed by atoms with Crippen LogP contribution in [0.25, 0.3) is 10.9 Å². The molecular weight excluding hydrogens is 260 g/mol. The molecule has 1 heterocycles.